The molecule has 0 radical (unpaired) electrons. The van der Waals surface area contributed by atoms with Gasteiger partial charge < -0.3 is 14.5 Å². The Morgan fingerprint density at radius 2 is 1.82 bits per heavy atom. The number of carbonyl (C=O) groups is 1. The van der Waals surface area contributed by atoms with E-state index < -0.39 is 10.1 Å². The van der Waals surface area contributed by atoms with Crippen molar-refractivity contribution < 1.29 is 22.1 Å². The van der Waals surface area contributed by atoms with Crippen molar-refractivity contribution in [3.05, 3.63) is 68.5 Å². The number of carbonyl (C=O) groups excluding carboxylic acids is 1. The lowest BCUT2D eigenvalue weighted by atomic mass is 9.96. The normalized spacial score (nSPS) is 20.6. The third kappa shape index (κ3) is 6.73. The fourth-order valence-corrected chi connectivity index (χ4v) is 7.59. The lowest BCUT2D eigenvalue weighted by Crippen LogP contribution is -2.43. The quantitative estimate of drug-likeness (QED) is 0.218. The van der Waals surface area contributed by atoms with E-state index in [9.17, 15) is 13.2 Å². The molecule has 214 valence electrons. The van der Waals surface area contributed by atoms with E-state index in [1.54, 1.807) is 23.5 Å². The number of anilines is 1. The van der Waals surface area contributed by atoms with Crippen LogP contribution in [0.4, 0.5) is 5.82 Å². The highest BCUT2D eigenvalue weighted by molar-refractivity contribution is 9.10. The zero-order chi connectivity index (χ0) is 28.3. The van der Waals surface area contributed by atoms with Crippen molar-refractivity contribution in [2.24, 2.45) is 11.8 Å². The van der Waals surface area contributed by atoms with Gasteiger partial charge in [0, 0.05) is 36.5 Å². The second-order valence-electron chi connectivity index (χ2n) is 10.3. The van der Waals surface area contributed by atoms with Gasteiger partial charge in [-0.25, -0.2) is 0 Å². The van der Waals surface area contributed by atoms with Crippen molar-refractivity contribution in [2.75, 3.05) is 44.4 Å². The molecule has 0 unspecified atom stereocenters. The largest absolute Gasteiger partial charge is 0.377 e. The van der Waals surface area contributed by atoms with E-state index in [2.05, 4.69) is 31.0 Å². The maximum Gasteiger partial charge on any atom is 0.297 e. The van der Waals surface area contributed by atoms with Crippen LogP contribution in [0.3, 0.4) is 0 Å². The van der Waals surface area contributed by atoms with Gasteiger partial charge in [-0.05, 0) is 84.9 Å². The number of thiophene rings is 1. The zero-order valence-electron chi connectivity index (χ0n) is 22.5. The van der Waals surface area contributed by atoms with Crippen LogP contribution in [0.1, 0.15) is 33.0 Å². The van der Waals surface area contributed by atoms with Crippen LogP contribution in [0.2, 0.25) is 0 Å². The van der Waals surface area contributed by atoms with E-state index in [1.165, 1.54) is 12.1 Å². The third-order valence-electron chi connectivity index (χ3n) is 7.62. The summed E-state index contributed by atoms with van der Waals surface area (Å²) in [6, 6.07) is 14.5. The minimum absolute atomic E-state index is 0.0678. The lowest BCUT2D eigenvalue weighted by Gasteiger charge is -2.33. The van der Waals surface area contributed by atoms with E-state index in [4.69, 9.17) is 8.92 Å². The number of halogens is 1. The van der Waals surface area contributed by atoms with E-state index in [0.29, 0.717) is 29.6 Å². The molecule has 5 rings (SSSR count). The number of fused-ring (bicyclic) bond motifs is 1. The Morgan fingerprint density at radius 3 is 2.52 bits per heavy atom. The summed E-state index contributed by atoms with van der Waals surface area (Å²) in [6.07, 6.45) is 2.06. The van der Waals surface area contributed by atoms with Gasteiger partial charge in [-0.15, -0.1) is 21.5 Å². The lowest BCUT2D eigenvalue weighted by molar-refractivity contribution is 0.0783. The van der Waals surface area contributed by atoms with Gasteiger partial charge in [0.15, 0.2) is 5.82 Å². The van der Waals surface area contributed by atoms with Crippen LogP contribution in [-0.4, -0.2) is 74.9 Å². The summed E-state index contributed by atoms with van der Waals surface area (Å²) in [4.78, 5) is 19.4. The number of aromatic nitrogens is 2. The summed E-state index contributed by atoms with van der Waals surface area (Å²) in [5, 5.41) is 8.61. The molecule has 3 heterocycles. The number of ether oxygens (including phenoxy) is 1. The van der Waals surface area contributed by atoms with E-state index in [-0.39, 0.29) is 30.1 Å². The van der Waals surface area contributed by atoms with Gasteiger partial charge >= 0.3 is 0 Å². The topological polar surface area (TPSA) is 102 Å². The van der Waals surface area contributed by atoms with Crippen molar-refractivity contribution in [2.45, 2.75) is 37.6 Å². The molecule has 1 saturated heterocycles. The van der Waals surface area contributed by atoms with Crippen LogP contribution in [0.5, 0.6) is 0 Å². The third-order valence-corrected chi connectivity index (χ3v) is 10.4. The maximum absolute atomic E-state index is 13.1. The molecule has 2 aromatic heterocycles. The molecule has 12 heteroatoms. The standard InChI is InChI=1S/C28H33BrN4O5S2/c1-19-3-7-22(8-4-19)40(35,36)38-16-15-37-14-13-33(27-12-11-26(29)30-31-27)24-9-6-21-17-32(18-23(21)24)28(34)25-10-5-20(2)39-25/h3-5,7-8,10-12,21,23-24H,6,9,13-18H2,1-2H3/t21-,23+,24+/m0/s1. The number of nitrogens with zero attached hydrogens (tertiary/aromatic N) is 4. The molecule has 1 amide bonds. The van der Waals surface area contributed by atoms with Gasteiger partial charge in [-0.3, -0.25) is 8.98 Å². The highest BCUT2D eigenvalue weighted by atomic mass is 79.9. The van der Waals surface area contributed by atoms with Crippen LogP contribution >= 0.6 is 27.3 Å². The molecular weight excluding hydrogens is 616 g/mol. The van der Waals surface area contributed by atoms with Gasteiger partial charge in [-0.2, -0.15) is 8.42 Å². The first kappa shape index (κ1) is 29.1. The monoisotopic (exact) mass is 648 g/mol. The maximum atomic E-state index is 13.1. The second kappa shape index (κ2) is 12.6. The number of amides is 1. The molecule has 40 heavy (non-hydrogen) atoms. The Morgan fingerprint density at radius 1 is 1.02 bits per heavy atom. The van der Waals surface area contributed by atoms with Crippen molar-refractivity contribution >= 4 is 49.1 Å². The molecular formula is C28H33BrN4O5S2. The highest BCUT2D eigenvalue weighted by Gasteiger charge is 2.46. The van der Waals surface area contributed by atoms with E-state index in [1.807, 2.05) is 43.0 Å². The first-order valence-corrected chi connectivity index (χ1v) is 16.4. The Bertz CT molecular complexity index is 1420. The predicted octanol–water partition coefficient (Wildman–Crippen LogP) is 4.70. The number of aryl methyl sites for hydroxylation is 2. The number of rotatable bonds is 11. The molecule has 1 aliphatic carbocycles. The molecule has 3 aromatic rings. The van der Waals surface area contributed by atoms with Crippen LogP contribution < -0.4 is 4.90 Å². The van der Waals surface area contributed by atoms with Gasteiger partial charge in [0.25, 0.3) is 16.0 Å². The molecule has 1 saturated carbocycles. The summed E-state index contributed by atoms with van der Waals surface area (Å²) in [6.45, 7) is 6.42. The van der Waals surface area contributed by atoms with Gasteiger partial charge in [-0.1, -0.05) is 17.7 Å². The number of benzene rings is 1. The molecule has 0 bridgehead atoms. The molecule has 2 aliphatic rings. The molecule has 0 N–H and O–H groups in total. The van der Waals surface area contributed by atoms with Crippen molar-refractivity contribution in [1.29, 1.82) is 0 Å². The Labute approximate surface area is 247 Å². The van der Waals surface area contributed by atoms with E-state index in [0.717, 1.165) is 47.1 Å². The molecule has 2 fully saturated rings. The smallest absolute Gasteiger partial charge is 0.297 e. The average Bonchev–Trinajstić information content (AvgIpc) is 3.65. The first-order chi connectivity index (χ1) is 19.2. The van der Waals surface area contributed by atoms with Crippen LogP contribution in [0.25, 0.3) is 0 Å². The van der Waals surface area contributed by atoms with Crippen LogP contribution in [-0.2, 0) is 19.0 Å². The Hall–Kier alpha value is -2.38. The van der Waals surface area contributed by atoms with Crippen molar-refractivity contribution in [3.63, 3.8) is 0 Å². The fraction of sp³-hybridized carbons (Fsp3) is 0.464. The van der Waals surface area contributed by atoms with Gasteiger partial charge in [0.2, 0.25) is 0 Å². The Balaban J connectivity index is 1.18. The highest BCUT2D eigenvalue weighted by Crippen LogP contribution is 2.42. The van der Waals surface area contributed by atoms with Gasteiger partial charge in [0.1, 0.15) is 4.60 Å². The average molecular weight is 650 g/mol. The molecule has 1 aromatic carbocycles. The summed E-state index contributed by atoms with van der Waals surface area (Å²) >= 11 is 4.91. The zero-order valence-corrected chi connectivity index (χ0v) is 25.8. The summed E-state index contributed by atoms with van der Waals surface area (Å²) in [5.74, 6) is 1.65. The second-order valence-corrected chi connectivity index (χ2v) is 14.0. The molecule has 3 atom stereocenters. The summed E-state index contributed by atoms with van der Waals surface area (Å²) in [7, 11) is -3.83. The van der Waals surface area contributed by atoms with E-state index >= 15 is 0 Å². The van der Waals surface area contributed by atoms with Crippen LogP contribution in [0.15, 0.2) is 58.0 Å². The molecule has 0 spiro atoms. The fourth-order valence-electron chi connectivity index (χ4n) is 5.65. The summed E-state index contributed by atoms with van der Waals surface area (Å²) in [5.41, 5.74) is 0.977. The van der Waals surface area contributed by atoms with Gasteiger partial charge in [0.05, 0.1) is 29.6 Å². The Kier molecular flexibility index (Phi) is 9.21. The first-order valence-electron chi connectivity index (χ1n) is 13.4. The predicted molar refractivity (Wildman–Crippen MR) is 157 cm³/mol. The number of hydrogen-bond acceptors (Lipinski definition) is 9. The molecule has 9 nitrogen and oxygen atoms in total. The minimum atomic E-state index is -3.83. The van der Waals surface area contributed by atoms with Crippen molar-refractivity contribution in [3.8, 4) is 0 Å². The number of likely N-dealkylation sites (tertiary alicyclic amines) is 1. The van der Waals surface area contributed by atoms with Crippen molar-refractivity contribution in [1.82, 2.24) is 15.1 Å². The minimum Gasteiger partial charge on any atom is -0.377 e. The van der Waals surface area contributed by atoms with Crippen LogP contribution in [0, 0.1) is 25.7 Å². The SMILES string of the molecule is Cc1ccc(S(=O)(=O)OCCOCCN(c2ccc(Br)nn2)[C@@H]2CC[C@H]3CN(C(=O)c4ccc(C)s4)C[C@H]32)cc1. The summed E-state index contributed by atoms with van der Waals surface area (Å²) < 4.78 is 36.4. The molecule has 1 aliphatic heterocycles. The number of hydrogen-bond donors (Lipinski definition) is 0.